The Balaban J connectivity index is 3.13. The summed E-state index contributed by atoms with van der Waals surface area (Å²) in [5.74, 6) is -0.925. The number of aromatic nitrogens is 2. The van der Waals surface area contributed by atoms with Crippen LogP contribution in [0, 0.1) is 3.70 Å². The first-order chi connectivity index (χ1) is 5.54. The summed E-state index contributed by atoms with van der Waals surface area (Å²) >= 11 is 1.99. The van der Waals surface area contributed by atoms with Gasteiger partial charge in [0.15, 0.2) is 0 Å². The van der Waals surface area contributed by atoms with Crippen LogP contribution in [0.2, 0.25) is 0 Å². The van der Waals surface area contributed by atoms with Crippen LogP contribution in [0.5, 0.6) is 0 Å². The maximum atomic E-state index is 10.6. The number of hydrogen-bond acceptors (Lipinski definition) is 2. The first-order valence-electron chi connectivity index (χ1n) is 3.50. The molecule has 1 aromatic heterocycles. The summed E-state index contributed by atoms with van der Waals surface area (Å²) in [7, 11) is 0. The van der Waals surface area contributed by atoms with Crippen molar-refractivity contribution in [2.75, 3.05) is 0 Å². The first kappa shape index (κ1) is 9.50. The van der Waals surface area contributed by atoms with Crippen LogP contribution in [-0.4, -0.2) is 20.9 Å². The van der Waals surface area contributed by atoms with Gasteiger partial charge in [0.2, 0.25) is 0 Å². The summed E-state index contributed by atoms with van der Waals surface area (Å²) in [6.45, 7) is 3.92. The second kappa shape index (κ2) is 3.42. The standard InChI is InChI=1S/C7H9IN2O2/c1-4(2)10-6(8)5(3-9-10)7(11)12/h3-4H,1-2H3,(H,11,12). The number of halogens is 1. The van der Waals surface area contributed by atoms with Crippen LogP contribution in [-0.2, 0) is 0 Å². The van der Waals surface area contributed by atoms with Crippen LogP contribution >= 0.6 is 22.6 Å². The van der Waals surface area contributed by atoms with Crippen LogP contribution < -0.4 is 0 Å². The summed E-state index contributed by atoms with van der Waals surface area (Å²) < 4.78 is 2.36. The van der Waals surface area contributed by atoms with Gasteiger partial charge in [-0.15, -0.1) is 0 Å². The summed E-state index contributed by atoms with van der Waals surface area (Å²) in [6.07, 6.45) is 1.38. The number of rotatable bonds is 2. The predicted molar refractivity (Wildman–Crippen MR) is 52.3 cm³/mol. The Hall–Kier alpha value is -0.590. The smallest absolute Gasteiger partial charge is 0.340 e. The summed E-state index contributed by atoms with van der Waals surface area (Å²) in [4.78, 5) is 10.6. The van der Waals surface area contributed by atoms with E-state index in [0.29, 0.717) is 3.70 Å². The summed E-state index contributed by atoms with van der Waals surface area (Å²) in [5.41, 5.74) is 0.268. The van der Waals surface area contributed by atoms with E-state index in [0.717, 1.165) is 0 Å². The van der Waals surface area contributed by atoms with Crippen molar-refractivity contribution in [2.24, 2.45) is 0 Å². The second-order valence-electron chi connectivity index (χ2n) is 2.69. The minimum atomic E-state index is -0.925. The van der Waals surface area contributed by atoms with E-state index in [2.05, 4.69) is 5.10 Å². The van der Waals surface area contributed by atoms with E-state index < -0.39 is 5.97 Å². The molecule has 0 bridgehead atoms. The molecule has 0 fully saturated rings. The fraction of sp³-hybridized carbons (Fsp3) is 0.429. The molecule has 0 aliphatic rings. The predicted octanol–water partition coefficient (Wildman–Crippen LogP) is 1.77. The lowest BCUT2D eigenvalue weighted by Crippen LogP contribution is -2.06. The average Bonchev–Trinajstić information content (AvgIpc) is 2.30. The molecule has 0 radical (unpaired) electrons. The average molecular weight is 280 g/mol. The quantitative estimate of drug-likeness (QED) is 0.840. The maximum absolute atomic E-state index is 10.6. The second-order valence-corrected chi connectivity index (χ2v) is 3.71. The third-order valence-electron chi connectivity index (χ3n) is 1.45. The van der Waals surface area contributed by atoms with Gasteiger partial charge in [-0.3, -0.25) is 4.68 Å². The lowest BCUT2D eigenvalue weighted by Gasteiger charge is -2.05. The molecule has 1 rings (SSSR count). The van der Waals surface area contributed by atoms with E-state index >= 15 is 0 Å². The Bertz CT molecular complexity index is 306. The summed E-state index contributed by atoms with van der Waals surface area (Å²) in [5, 5.41) is 12.7. The van der Waals surface area contributed by atoms with Crippen LogP contribution in [0.3, 0.4) is 0 Å². The van der Waals surface area contributed by atoms with Crippen molar-refractivity contribution in [3.63, 3.8) is 0 Å². The van der Waals surface area contributed by atoms with Gasteiger partial charge in [0.05, 0.1) is 6.20 Å². The Labute approximate surface area is 83.7 Å². The van der Waals surface area contributed by atoms with Crippen molar-refractivity contribution in [3.05, 3.63) is 15.5 Å². The van der Waals surface area contributed by atoms with Gasteiger partial charge in [-0.25, -0.2) is 4.79 Å². The topological polar surface area (TPSA) is 55.1 Å². The van der Waals surface area contributed by atoms with Gasteiger partial charge < -0.3 is 5.11 Å². The third kappa shape index (κ3) is 1.60. The van der Waals surface area contributed by atoms with Crippen molar-refractivity contribution >= 4 is 28.6 Å². The fourth-order valence-corrected chi connectivity index (χ4v) is 1.90. The molecule has 0 amide bonds. The van der Waals surface area contributed by atoms with Gasteiger partial charge in [-0.1, -0.05) is 0 Å². The number of carboxylic acid groups (broad SMARTS) is 1. The minimum Gasteiger partial charge on any atom is -0.478 e. The van der Waals surface area contributed by atoms with Crippen LogP contribution in [0.4, 0.5) is 0 Å². The molecular weight excluding hydrogens is 271 g/mol. The number of nitrogens with zero attached hydrogens (tertiary/aromatic N) is 2. The number of aromatic carboxylic acids is 1. The number of carbonyl (C=O) groups is 1. The van der Waals surface area contributed by atoms with Gasteiger partial charge in [0.1, 0.15) is 9.26 Å². The van der Waals surface area contributed by atoms with Gasteiger partial charge in [-0.05, 0) is 36.4 Å². The van der Waals surface area contributed by atoms with Crippen molar-refractivity contribution in [1.29, 1.82) is 0 Å². The lowest BCUT2D eigenvalue weighted by molar-refractivity contribution is 0.0695. The molecule has 0 atom stereocenters. The molecule has 4 nitrogen and oxygen atoms in total. The zero-order chi connectivity index (χ0) is 9.30. The zero-order valence-corrected chi connectivity index (χ0v) is 8.94. The Morgan fingerprint density at radius 1 is 1.75 bits per heavy atom. The SMILES string of the molecule is CC(C)n1ncc(C(=O)O)c1I. The normalized spacial score (nSPS) is 10.7. The van der Waals surface area contributed by atoms with Gasteiger partial charge in [0, 0.05) is 6.04 Å². The molecule has 5 heteroatoms. The zero-order valence-electron chi connectivity index (χ0n) is 6.78. The van der Waals surface area contributed by atoms with E-state index in [1.165, 1.54) is 6.20 Å². The van der Waals surface area contributed by atoms with E-state index in [1.54, 1.807) is 4.68 Å². The molecule has 0 aromatic carbocycles. The molecule has 0 aliphatic carbocycles. The molecule has 0 aliphatic heterocycles. The molecule has 0 unspecified atom stereocenters. The molecule has 1 N–H and O–H groups in total. The Morgan fingerprint density at radius 3 is 2.58 bits per heavy atom. The van der Waals surface area contributed by atoms with Gasteiger partial charge in [-0.2, -0.15) is 5.10 Å². The number of carboxylic acids is 1. The molecule has 0 saturated carbocycles. The highest BCUT2D eigenvalue weighted by Gasteiger charge is 2.15. The lowest BCUT2D eigenvalue weighted by atomic mass is 10.3. The third-order valence-corrected chi connectivity index (χ3v) is 2.53. The monoisotopic (exact) mass is 280 g/mol. The van der Waals surface area contributed by atoms with Crippen LogP contribution in [0.1, 0.15) is 30.2 Å². The first-order valence-corrected chi connectivity index (χ1v) is 4.58. The fourth-order valence-electron chi connectivity index (χ4n) is 0.851. The molecule has 1 aromatic rings. The molecular formula is C7H9IN2O2. The van der Waals surface area contributed by atoms with E-state index in [-0.39, 0.29) is 11.6 Å². The minimum absolute atomic E-state index is 0.199. The van der Waals surface area contributed by atoms with Crippen molar-refractivity contribution in [1.82, 2.24) is 9.78 Å². The Kier molecular flexibility index (Phi) is 2.71. The van der Waals surface area contributed by atoms with Crippen molar-refractivity contribution in [2.45, 2.75) is 19.9 Å². The van der Waals surface area contributed by atoms with Gasteiger partial charge in [0.25, 0.3) is 0 Å². The van der Waals surface area contributed by atoms with E-state index in [9.17, 15) is 4.79 Å². The van der Waals surface area contributed by atoms with Crippen molar-refractivity contribution in [3.8, 4) is 0 Å². The number of hydrogen-bond donors (Lipinski definition) is 1. The van der Waals surface area contributed by atoms with E-state index in [4.69, 9.17) is 5.11 Å². The highest BCUT2D eigenvalue weighted by molar-refractivity contribution is 14.1. The van der Waals surface area contributed by atoms with Gasteiger partial charge >= 0.3 is 5.97 Å². The molecule has 0 spiro atoms. The molecule has 1 heterocycles. The van der Waals surface area contributed by atoms with Crippen molar-refractivity contribution < 1.29 is 9.90 Å². The highest BCUT2D eigenvalue weighted by Crippen LogP contribution is 2.15. The van der Waals surface area contributed by atoms with E-state index in [1.807, 2.05) is 36.4 Å². The maximum Gasteiger partial charge on any atom is 0.340 e. The summed E-state index contributed by atoms with van der Waals surface area (Å²) in [6, 6.07) is 0.199. The highest BCUT2D eigenvalue weighted by atomic mass is 127. The molecule has 12 heavy (non-hydrogen) atoms. The van der Waals surface area contributed by atoms with Crippen LogP contribution in [0.25, 0.3) is 0 Å². The van der Waals surface area contributed by atoms with Crippen LogP contribution in [0.15, 0.2) is 6.20 Å². The molecule has 66 valence electrons. The Morgan fingerprint density at radius 2 is 2.33 bits per heavy atom. The molecule has 0 saturated heterocycles. The largest absolute Gasteiger partial charge is 0.478 e.